The van der Waals surface area contributed by atoms with E-state index in [0.29, 0.717) is 44.9 Å². The Labute approximate surface area is 184 Å². The molecule has 0 saturated heterocycles. The molecule has 32 heavy (non-hydrogen) atoms. The Bertz CT molecular complexity index is 1370. The van der Waals surface area contributed by atoms with E-state index >= 15 is 0 Å². The predicted octanol–water partition coefficient (Wildman–Crippen LogP) is 2.90. The number of hydrogen-bond donors (Lipinski definition) is 1. The van der Waals surface area contributed by atoms with Gasteiger partial charge in [-0.15, -0.1) is 10.2 Å². The van der Waals surface area contributed by atoms with Gasteiger partial charge in [-0.2, -0.15) is 0 Å². The van der Waals surface area contributed by atoms with Crippen LogP contribution in [0.5, 0.6) is 11.5 Å². The van der Waals surface area contributed by atoms with E-state index in [1.54, 1.807) is 12.1 Å². The standard InChI is InChI=1S/C21H16N4O6S/c1-28-20(27)11-6-7-12-13(8-11)22-17(23-18(12)26)10-32-21-25-24-19(31-21)16-9-29-14-4-2-3-5-15(14)30-16/h2-8,16H,9-10H2,1H3,(H,22,23,26). The van der Waals surface area contributed by atoms with Crippen molar-refractivity contribution in [3.05, 3.63) is 70.1 Å². The number of para-hydroxylation sites is 2. The second kappa shape index (κ2) is 8.35. The van der Waals surface area contributed by atoms with E-state index in [4.69, 9.17) is 18.6 Å². The molecule has 162 valence electrons. The molecule has 0 bridgehead atoms. The smallest absolute Gasteiger partial charge is 0.337 e. The van der Waals surface area contributed by atoms with Crippen LogP contribution in [0.2, 0.25) is 0 Å². The molecule has 1 unspecified atom stereocenters. The quantitative estimate of drug-likeness (QED) is 0.356. The minimum absolute atomic E-state index is 0.255. The van der Waals surface area contributed by atoms with Crippen LogP contribution in [0.25, 0.3) is 10.9 Å². The van der Waals surface area contributed by atoms with Gasteiger partial charge in [0.05, 0.1) is 29.3 Å². The fourth-order valence-electron chi connectivity index (χ4n) is 3.18. The van der Waals surface area contributed by atoms with Gasteiger partial charge in [0.1, 0.15) is 12.4 Å². The van der Waals surface area contributed by atoms with Crippen LogP contribution < -0.4 is 15.0 Å². The highest BCUT2D eigenvalue weighted by molar-refractivity contribution is 7.98. The fourth-order valence-corrected chi connectivity index (χ4v) is 3.82. The number of esters is 1. The zero-order chi connectivity index (χ0) is 22.1. The maximum absolute atomic E-state index is 12.4. The summed E-state index contributed by atoms with van der Waals surface area (Å²) in [4.78, 5) is 31.3. The van der Waals surface area contributed by atoms with Crippen LogP contribution in [0.4, 0.5) is 0 Å². The van der Waals surface area contributed by atoms with Crippen molar-refractivity contribution in [3.8, 4) is 11.5 Å². The van der Waals surface area contributed by atoms with Crippen molar-refractivity contribution in [2.24, 2.45) is 0 Å². The summed E-state index contributed by atoms with van der Waals surface area (Å²) in [7, 11) is 1.29. The highest BCUT2D eigenvalue weighted by Gasteiger charge is 2.27. The average molecular weight is 452 g/mol. The molecule has 0 fully saturated rings. The Morgan fingerprint density at radius 3 is 2.91 bits per heavy atom. The number of aromatic amines is 1. The average Bonchev–Trinajstić information content (AvgIpc) is 3.30. The third kappa shape index (κ3) is 3.89. The summed E-state index contributed by atoms with van der Waals surface area (Å²) in [6.07, 6.45) is -0.512. The zero-order valence-corrected chi connectivity index (χ0v) is 17.5. The highest BCUT2D eigenvalue weighted by atomic mass is 32.2. The van der Waals surface area contributed by atoms with Gasteiger partial charge < -0.3 is 23.6 Å². The molecule has 4 aromatic rings. The predicted molar refractivity (Wildman–Crippen MR) is 113 cm³/mol. The van der Waals surface area contributed by atoms with Crippen LogP contribution >= 0.6 is 11.8 Å². The fraction of sp³-hybridized carbons (Fsp3) is 0.190. The molecular formula is C21H16N4O6S. The number of nitrogens with one attached hydrogen (secondary N) is 1. The number of fused-ring (bicyclic) bond motifs is 2. The van der Waals surface area contributed by atoms with Gasteiger partial charge in [-0.05, 0) is 30.3 Å². The van der Waals surface area contributed by atoms with Crippen LogP contribution in [0, 0.1) is 0 Å². The first-order valence-corrected chi connectivity index (χ1v) is 10.6. The Kier molecular flexibility index (Phi) is 5.23. The molecule has 0 saturated carbocycles. The maximum atomic E-state index is 12.4. The molecule has 1 N–H and O–H groups in total. The number of thioether (sulfide) groups is 1. The molecule has 1 atom stereocenters. The number of rotatable bonds is 5. The lowest BCUT2D eigenvalue weighted by molar-refractivity contribution is 0.0601. The van der Waals surface area contributed by atoms with Gasteiger partial charge in [0.15, 0.2) is 11.5 Å². The normalized spacial score (nSPS) is 15.0. The van der Waals surface area contributed by atoms with Crippen molar-refractivity contribution in [3.63, 3.8) is 0 Å². The van der Waals surface area contributed by atoms with E-state index in [1.165, 1.54) is 31.0 Å². The number of carbonyl (C=O) groups is 1. The van der Waals surface area contributed by atoms with Crippen LogP contribution in [0.15, 0.2) is 56.9 Å². The summed E-state index contributed by atoms with van der Waals surface area (Å²) >= 11 is 1.22. The second-order valence-corrected chi connectivity index (χ2v) is 7.72. The molecule has 2 aromatic carbocycles. The van der Waals surface area contributed by atoms with Crippen molar-refractivity contribution in [2.45, 2.75) is 17.1 Å². The molecule has 0 radical (unpaired) electrons. The van der Waals surface area contributed by atoms with E-state index in [2.05, 4.69) is 20.2 Å². The van der Waals surface area contributed by atoms with Gasteiger partial charge in [-0.3, -0.25) is 4.79 Å². The third-order valence-electron chi connectivity index (χ3n) is 4.72. The summed E-state index contributed by atoms with van der Waals surface area (Å²) in [6, 6.07) is 11.9. The van der Waals surface area contributed by atoms with Crippen molar-refractivity contribution in [1.82, 2.24) is 20.2 Å². The summed E-state index contributed by atoms with van der Waals surface area (Å²) in [5.41, 5.74) is 0.402. The molecule has 2 aromatic heterocycles. The first-order valence-electron chi connectivity index (χ1n) is 9.56. The Hall–Kier alpha value is -3.86. The molecular weight excluding hydrogens is 436 g/mol. The van der Waals surface area contributed by atoms with Gasteiger partial charge >= 0.3 is 5.97 Å². The number of aromatic nitrogens is 4. The van der Waals surface area contributed by atoms with Crippen molar-refractivity contribution in [2.75, 3.05) is 13.7 Å². The van der Waals surface area contributed by atoms with Crippen LogP contribution in [-0.2, 0) is 10.5 Å². The van der Waals surface area contributed by atoms with Crippen LogP contribution in [0.1, 0.15) is 28.2 Å². The second-order valence-electron chi connectivity index (χ2n) is 6.80. The number of benzene rings is 2. The van der Waals surface area contributed by atoms with E-state index < -0.39 is 12.1 Å². The SMILES string of the molecule is COC(=O)c1ccc2c(=O)[nH]c(CSc3nnc(C4COc5ccccc5O4)o3)nc2c1. The van der Waals surface area contributed by atoms with Crippen molar-refractivity contribution in [1.29, 1.82) is 0 Å². The largest absolute Gasteiger partial charge is 0.485 e. The summed E-state index contributed by atoms with van der Waals surface area (Å²) in [6.45, 7) is 0.255. The van der Waals surface area contributed by atoms with E-state index in [9.17, 15) is 9.59 Å². The number of nitrogens with zero attached hydrogens (tertiary/aromatic N) is 3. The number of hydrogen-bond acceptors (Lipinski definition) is 10. The van der Waals surface area contributed by atoms with Gasteiger partial charge in [-0.1, -0.05) is 23.9 Å². The number of ether oxygens (including phenoxy) is 3. The number of carbonyl (C=O) groups excluding carboxylic acids is 1. The van der Waals surface area contributed by atoms with Gasteiger partial charge in [0, 0.05) is 0 Å². The monoisotopic (exact) mass is 452 g/mol. The minimum Gasteiger partial charge on any atom is -0.485 e. The van der Waals surface area contributed by atoms with Crippen LogP contribution in [0.3, 0.4) is 0 Å². The number of H-pyrrole nitrogens is 1. The molecule has 3 heterocycles. The first kappa shape index (κ1) is 20.1. The molecule has 0 amide bonds. The molecule has 1 aliphatic rings. The Morgan fingerprint density at radius 2 is 2.06 bits per heavy atom. The minimum atomic E-state index is -0.512. The Morgan fingerprint density at radius 1 is 1.22 bits per heavy atom. The maximum Gasteiger partial charge on any atom is 0.337 e. The number of methoxy groups -OCH3 is 1. The third-order valence-corrected chi connectivity index (χ3v) is 5.54. The summed E-state index contributed by atoms with van der Waals surface area (Å²) < 4.78 is 22.0. The molecule has 1 aliphatic heterocycles. The molecule has 5 rings (SSSR count). The molecule has 10 nitrogen and oxygen atoms in total. The Balaban J connectivity index is 1.30. The summed E-state index contributed by atoms with van der Waals surface area (Å²) in [5, 5.41) is 8.75. The lowest BCUT2D eigenvalue weighted by atomic mass is 10.1. The van der Waals surface area contributed by atoms with Gasteiger partial charge in [0.2, 0.25) is 6.10 Å². The van der Waals surface area contributed by atoms with Gasteiger partial charge in [-0.25, -0.2) is 9.78 Å². The van der Waals surface area contributed by atoms with E-state index in [1.807, 2.05) is 18.2 Å². The zero-order valence-electron chi connectivity index (χ0n) is 16.7. The molecule has 11 heteroatoms. The molecule has 0 spiro atoms. The van der Waals surface area contributed by atoms with Crippen LogP contribution in [-0.4, -0.2) is 39.9 Å². The lowest BCUT2D eigenvalue weighted by Crippen LogP contribution is -2.21. The summed E-state index contributed by atoms with van der Waals surface area (Å²) in [5.74, 6) is 1.75. The lowest BCUT2D eigenvalue weighted by Gasteiger charge is -2.23. The topological polar surface area (TPSA) is 129 Å². The van der Waals surface area contributed by atoms with Gasteiger partial charge in [0.25, 0.3) is 16.7 Å². The molecule has 0 aliphatic carbocycles. The highest BCUT2D eigenvalue weighted by Crippen LogP contribution is 2.36. The van der Waals surface area contributed by atoms with E-state index in [0.717, 1.165) is 0 Å². The van der Waals surface area contributed by atoms with Crippen molar-refractivity contribution >= 4 is 28.6 Å². The van der Waals surface area contributed by atoms with Crippen molar-refractivity contribution < 1.29 is 23.4 Å². The van der Waals surface area contributed by atoms with E-state index in [-0.39, 0.29) is 17.9 Å². The first-order chi connectivity index (χ1) is 15.6.